The number of carbonyl (C=O) groups is 1. The van der Waals surface area contributed by atoms with Gasteiger partial charge in [-0.25, -0.2) is 0 Å². The Morgan fingerprint density at radius 2 is 1.78 bits per heavy atom. The first-order valence-corrected chi connectivity index (χ1v) is 11.2. The smallest absolute Gasteiger partial charge is 0.290 e. The van der Waals surface area contributed by atoms with Gasteiger partial charge in [-0.2, -0.15) is 0 Å². The number of methoxy groups -OCH3 is 1. The van der Waals surface area contributed by atoms with Gasteiger partial charge in [0.2, 0.25) is 5.76 Å². The van der Waals surface area contributed by atoms with Crippen LogP contribution in [0.4, 0.5) is 0 Å². The molecule has 0 bridgehead atoms. The molecule has 0 saturated carbocycles. The molecule has 32 heavy (non-hydrogen) atoms. The topological polar surface area (TPSA) is 63.0 Å². The molecule has 168 valence electrons. The van der Waals surface area contributed by atoms with Crippen LogP contribution in [0.3, 0.4) is 0 Å². The van der Waals surface area contributed by atoms with E-state index in [1.54, 1.807) is 18.1 Å². The minimum absolute atomic E-state index is 0.134. The molecule has 1 aliphatic heterocycles. The molecule has 2 aromatic carbocycles. The number of nitrogens with zero attached hydrogens (tertiary/aromatic N) is 2. The standard InChI is InChI=1S/C26H30N2O4/c1-5-27(6-2)14-7-15-28-23(18-9-11-19(31-4)12-10-18)22-24(29)20-16-17(3)8-13-21(20)32-25(22)26(28)30/h8-13,16,23H,5-7,14-15H2,1-4H3. The molecule has 1 unspecified atom stereocenters. The van der Waals surface area contributed by atoms with E-state index in [4.69, 9.17) is 9.15 Å². The molecule has 0 aliphatic carbocycles. The van der Waals surface area contributed by atoms with Crippen molar-refractivity contribution < 1.29 is 13.9 Å². The highest BCUT2D eigenvalue weighted by Gasteiger charge is 2.42. The predicted octanol–water partition coefficient (Wildman–Crippen LogP) is 4.39. The van der Waals surface area contributed by atoms with Gasteiger partial charge in [-0.05, 0) is 62.8 Å². The van der Waals surface area contributed by atoms with Gasteiger partial charge in [-0.1, -0.05) is 37.6 Å². The number of rotatable bonds is 8. The molecule has 0 saturated heterocycles. The second kappa shape index (κ2) is 9.17. The number of benzene rings is 2. The van der Waals surface area contributed by atoms with Crippen LogP contribution in [0.15, 0.2) is 51.7 Å². The van der Waals surface area contributed by atoms with Gasteiger partial charge in [-0.15, -0.1) is 0 Å². The SMILES string of the molecule is CCN(CC)CCCN1C(=O)c2oc3ccc(C)cc3c(=O)c2C1c1ccc(OC)cc1. The lowest BCUT2D eigenvalue weighted by atomic mass is 9.98. The van der Waals surface area contributed by atoms with E-state index in [1.165, 1.54) is 0 Å². The number of amides is 1. The van der Waals surface area contributed by atoms with Crippen LogP contribution >= 0.6 is 0 Å². The van der Waals surface area contributed by atoms with E-state index in [9.17, 15) is 9.59 Å². The minimum Gasteiger partial charge on any atom is -0.497 e. The fourth-order valence-electron chi connectivity index (χ4n) is 4.50. The molecule has 1 aliphatic rings. The van der Waals surface area contributed by atoms with Crippen LogP contribution in [-0.4, -0.2) is 49.0 Å². The first kappa shape index (κ1) is 22.1. The number of fused-ring (bicyclic) bond motifs is 2. The fourth-order valence-corrected chi connectivity index (χ4v) is 4.50. The van der Waals surface area contributed by atoms with Gasteiger partial charge in [0.05, 0.1) is 24.1 Å². The summed E-state index contributed by atoms with van der Waals surface area (Å²) in [6, 6.07) is 12.6. The predicted molar refractivity (Wildman–Crippen MR) is 125 cm³/mol. The highest BCUT2D eigenvalue weighted by molar-refractivity contribution is 5.99. The number of hydrogen-bond donors (Lipinski definition) is 0. The molecule has 1 amide bonds. The van der Waals surface area contributed by atoms with Crippen molar-refractivity contribution in [2.45, 2.75) is 33.2 Å². The average Bonchev–Trinajstić information content (AvgIpc) is 3.09. The molecular weight excluding hydrogens is 404 g/mol. The highest BCUT2D eigenvalue weighted by Crippen LogP contribution is 2.38. The van der Waals surface area contributed by atoms with Crippen LogP contribution in [0.2, 0.25) is 0 Å². The Kier molecular flexibility index (Phi) is 6.33. The number of aryl methyl sites for hydroxylation is 1. The molecular formula is C26H30N2O4. The molecule has 3 aromatic rings. The minimum atomic E-state index is -0.471. The summed E-state index contributed by atoms with van der Waals surface area (Å²) in [7, 11) is 1.62. The molecule has 4 rings (SSSR count). The summed E-state index contributed by atoms with van der Waals surface area (Å²) in [5, 5.41) is 0.514. The lowest BCUT2D eigenvalue weighted by molar-refractivity contribution is 0.0720. The first-order chi connectivity index (χ1) is 15.5. The number of carbonyl (C=O) groups excluding carboxylic acids is 1. The Balaban J connectivity index is 1.79. The van der Waals surface area contributed by atoms with Gasteiger partial charge >= 0.3 is 0 Å². The van der Waals surface area contributed by atoms with Crippen molar-refractivity contribution in [3.8, 4) is 5.75 Å². The molecule has 0 radical (unpaired) electrons. The van der Waals surface area contributed by atoms with Gasteiger partial charge in [-0.3, -0.25) is 9.59 Å². The van der Waals surface area contributed by atoms with Gasteiger partial charge in [0.1, 0.15) is 11.3 Å². The normalized spacial score (nSPS) is 15.6. The fraction of sp³-hybridized carbons (Fsp3) is 0.385. The molecule has 0 fully saturated rings. The van der Waals surface area contributed by atoms with Gasteiger partial charge in [0.25, 0.3) is 5.91 Å². The van der Waals surface area contributed by atoms with Crippen molar-refractivity contribution in [1.29, 1.82) is 0 Å². The quantitative estimate of drug-likeness (QED) is 0.526. The van der Waals surface area contributed by atoms with Crippen LogP contribution in [0.25, 0.3) is 11.0 Å². The highest BCUT2D eigenvalue weighted by atomic mass is 16.5. The van der Waals surface area contributed by atoms with Crippen LogP contribution in [-0.2, 0) is 0 Å². The van der Waals surface area contributed by atoms with E-state index in [2.05, 4.69) is 18.7 Å². The lowest BCUT2D eigenvalue weighted by Crippen LogP contribution is -2.33. The summed E-state index contributed by atoms with van der Waals surface area (Å²) in [5.74, 6) is 0.669. The largest absolute Gasteiger partial charge is 0.497 e. The Hall–Kier alpha value is -3.12. The van der Waals surface area contributed by atoms with Crippen molar-refractivity contribution in [1.82, 2.24) is 9.80 Å². The zero-order valence-electron chi connectivity index (χ0n) is 19.2. The van der Waals surface area contributed by atoms with Crippen LogP contribution < -0.4 is 10.2 Å². The zero-order chi connectivity index (χ0) is 22.8. The third kappa shape index (κ3) is 3.91. The third-order valence-corrected chi connectivity index (χ3v) is 6.32. The van der Waals surface area contributed by atoms with Crippen molar-refractivity contribution in [3.05, 3.63) is 75.1 Å². The summed E-state index contributed by atoms with van der Waals surface area (Å²) >= 11 is 0. The maximum atomic E-state index is 13.6. The maximum absolute atomic E-state index is 13.6. The van der Waals surface area contributed by atoms with Crippen LogP contribution in [0, 0.1) is 6.92 Å². The summed E-state index contributed by atoms with van der Waals surface area (Å²) < 4.78 is 11.3. The number of hydrogen-bond acceptors (Lipinski definition) is 5. The van der Waals surface area contributed by atoms with Crippen molar-refractivity contribution in [2.75, 3.05) is 33.3 Å². The summed E-state index contributed by atoms with van der Waals surface area (Å²) in [4.78, 5) is 31.1. The Labute approximate surface area is 188 Å². The number of ether oxygens (including phenoxy) is 1. The molecule has 1 atom stereocenters. The van der Waals surface area contributed by atoms with E-state index >= 15 is 0 Å². The Bertz CT molecular complexity index is 1180. The van der Waals surface area contributed by atoms with E-state index in [0.29, 0.717) is 23.1 Å². The first-order valence-electron chi connectivity index (χ1n) is 11.2. The summed E-state index contributed by atoms with van der Waals surface area (Å²) in [5.41, 5.74) is 2.60. The van der Waals surface area contributed by atoms with Crippen molar-refractivity contribution in [2.24, 2.45) is 0 Å². The zero-order valence-corrected chi connectivity index (χ0v) is 19.2. The third-order valence-electron chi connectivity index (χ3n) is 6.32. The van der Waals surface area contributed by atoms with Gasteiger partial charge in [0, 0.05) is 6.54 Å². The molecule has 1 aromatic heterocycles. The molecule has 0 N–H and O–H groups in total. The second-order valence-corrected chi connectivity index (χ2v) is 8.23. The van der Waals surface area contributed by atoms with Crippen LogP contribution in [0.5, 0.6) is 5.75 Å². The average molecular weight is 435 g/mol. The van der Waals surface area contributed by atoms with E-state index in [-0.39, 0.29) is 17.1 Å². The molecule has 0 spiro atoms. The second-order valence-electron chi connectivity index (χ2n) is 8.23. The van der Waals surface area contributed by atoms with Gasteiger partial charge in [0.15, 0.2) is 5.43 Å². The maximum Gasteiger partial charge on any atom is 0.290 e. The monoisotopic (exact) mass is 434 g/mol. The molecule has 6 heteroatoms. The summed E-state index contributed by atoms with van der Waals surface area (Å²) in [6.45, 7) is 9.59. The Morgan fingerprint density at radius 3 is 2.44 bits per heavy atom. The van der Waals surface area contributed by atoms with E-state index < -0.39 is 6.04 Å². The Morgan fingerprint density at radius 1 is 1.06 bits per heavy atom. The molecule has 2 heterocycles. The molecule has 6 nitrogen and oxygen atoms in total. The van der Waals surface area contributed by atoms with Crippen molar-refractivity contribution in [3.63, 3.8) is 0 Å². The van der Waals surface area contributed by atoms with E-state index in [0.717, 1.165) is 42.9 Å². The summed E-state index contributed by atoms with van der Waals surface area (Å²) in [6.07, 6.45) is 0.820. The van der Waals surface area contributed by atoms with Crippen LogP contribution in [0.1, 0.15) is 53.6 Å². The van der Waals surface area contributed by atoms with Gasteiger partial charge < -0.3 is 19.0 Å². The van der Waals surface area contributed by atoms with E-state index in [1.807, 2.05) is 43.3 Å². The van der Waals surface area contributed by atoms with Crippen molar-refractivity contribution >= 4 is 16.9 Å². The lowest BCUT2D eigenvalue weighted by Gasteiger charge is -2.26.